The van der Waals surface area contributed by atoms with Crippen molar-refractivity contribution in [1.82, 2.24) is 25.5 Å². The Bertz CT molecular complexity index is 804. The van der Waals surface area contributed by atoms with Gasteiger partial charge in [-0.3, -0.25) is 9.89 Å². The molecule has 7 nitrogen and oxygen atoms in total. The number of rotatable bonds is 6. The number of guanidine groups is 1. The Balaban J connectivity index is 1.40. The number of halogens is 1. The van der Waals surface area contributed by atoms with E-state index in [0.29, 0.717) is 5.56 Å². The van der Waals surface area contributed by atoms with Crippen LogP contribution in [0.4, 0.5) is 10.3 Å². The molecule has 1 aromatic heterocycles. The number of anilines is 1. The predicted octanol–water partition coefficient (Wildman–Crippen LogP) is 1.97. The van der Waals surface area contributed by atoms with E-state index in [1.807, 2.05) is 19.1 Å². The summed E-state index contributed by atoms with van der Waals surface area (Å²) in [6, 6.07) is 7.13. The highest BCUT2D eigenvalue weighted by Crippen LogP contribution is 2.16. The number of aromatic nitrogens is 2. The standard InChI is InChI=1S/C21H30FN7/c1-16-5-6-18(15-19(16)22)17(2)27-20(23-3)24-9-10-28-11-13-29(14-12-28)21-25-7-4-8-26-21/h4-8,15,17H,9-14H2,1-3H3,(H2,23,24,27). The number of hydrogen-bond acceptors (Lipinski definition) is 5. The summed E-state index contributed by atoms with van der Waals surface area (Å²) in [7, 11) is 1.75. The van der Waals surface area contributed by atoms with Gasteiger partial charge in [0.1, 0.15) is 5.82 Å². The highest BCUT2D eigenvalue weighted by atomic mass is 19.1. The monoisotopic (exact) mass is 399 g/mol. The molecule has 1 saturated heterocycles. The van der Waals surface area contributed by atoms with Crippen molar-refractivity contribution in [2.45, 2.75) is 19.9 Å². The summed E-state index contributed by atoms with van der Waals surface area (Å²) < 4.78 is 13.8. The van der Waals surface area contributed by atoms with E-state index < -0.39 is 0 Å². The molecule has 0 bridgehead atoms. The third-order valence-electron chi connectivity index (χ3n) is 5.20. The van der Waals surface area contributed by atoms with Gasteiger partial charge in [0, 0.05) is 58.7 Å². The van der Waals surface area contributed by atoms with Crippen LogP contribution in [0, 0.1) is 12.7 Å². The van der Waals surface area contributed by atoms with E-state index in [1.165, 1.54) is 0 Å². The molecule has 0 saturated carbocycles. The van der Waals surface area contributed by atoms with Gasteiger partial charge in [-0.2, -0.15) is 0 Å². The Morgan fingerprint density at radius 3 is 2.59 bits per heavy atom. The third kappa shape index (κ3) is 5.87. The van der Waals surface area contributed by atoms with Crippen molar-refractivity contribution < 1.29 is 4.39 Å². The van der Waals surface area contributed by atoms with Crippen molar-refractivity contribution in [2.24, 2.45) is 4.99 Å². The summed E-state index contributed by atoms with van der Waals surface area (Å²) in [5, 5.41) is 6.68. The van der Waals surface area contributed by atoms with E-state index in [0.717, 1.165) is 56.7 Å². The zero-order chi connectivity index (χ0) is 20.6. The fourth-order valence-electron chi connectivity index (χ4n) is 3.32. The van der Waals surface area contributed by atoms with Gasteiger partial charge in [-0.05, 0) is 37.1 Å². The minimum absolute atomic E-state index is 0.0364. The molecule has 0 radical (unpaired) electrons. The zero-order valence-electron chi connectivity index (χ0n) is 17.4. The van der Waals surface area contributed by atoms with Crippen LogP contribution in [-0.2, 0) is 0 Å². The van der Waals surface area contributed by atoms with Crippen molar-refractivity contribution in [3.63, 3.8) is 0 Å². The van der Waals surface area contributed by atoms with E-state index in [2.05, 4.69) is 35.4 Å². The number of aliphatic imine (C=N–C) groups is 1. The molecule has 0 amide bonds. The normalized spacial score (nSPS) is 16.6. The summed E-state index contributed by atoms with van der Waals surface area (Å²) in [4.78, 5) is 17.6. The first-order valence-electron chi connectivity index (χ1n) is 10.0. The third-order valence-corrected chi connectivity index (χ3v) is 5.20. The summed E-state index contributed by atoms with van der Waals surface area (Å²) in [5.74, 6) is 1.34. The van der Waals surface area contributed by atoms with Gasteiger partial charge in [-0.1, -0.05) is 12.1 Å². The molecule has 8 heteroatoms. The maximum atomic E-state index is 13.8. The lowest BCUT2D eigenvalue weighted by molar-refractivity contribution is 0.260. The molecule has 1 atom stereocenters. The minimum atomic E-state index is -0.181. The van der Waals surface area contributed by atoms with Crippen LogP contribution in [0.3, 0.4) is 0 Å². The molecule has 29 heavy (non-hydrogen) atoms. The number of benzene rings is 1. The van der Waals surface area contributed by atoms with Gasteiger partial charge in [-0.25, -0.2) is 14.4 Å². The van der Waals surface area contributed by atoms with E-state index in [1.54, 1.807) is 38.5 Å². The van der Waals surface area contributed by atoms with Gasteiger partial charge in [0.2, 0.25) is 5.95 Å². The molecule has 1 aromatic carbocycles. The van der Waals surface area contributed by atoms with Gasteiger partial charge >= 0.3 is 0 Å². The SMILES string of the molecule is CN=C(NCCN1CCN(c2ncccn2)CC1)NC(C)c1ccc(C)c(F)c1. The second kappa shape index (κ2) is 10.2. The fourth-order valence-corrected chi connectivity index (χ4v) is 3.32. The number of nitrogens with zero attached hydrogens (tertiary/aromatic N) is 5. The highest BCUT2D eigenvalue weighted by molar-refractivity contribution is 5.80. The van der Waals surface area contributed by atoms with E-state index in [9.17, 15) is 4.39 Å². The Morgan fingerprint density at radius 1 is 1.21 bits per heavy atom. The van der Waals surface area contributed by atoms with Crippen LogP contribution in [-0.4, -0.2) is 67.1 Å². The summed E-state index contributed by atoms with van der Waals surface area (Å²) in [6.07, 6.45) is 3.56. The summed E-state index contributed by atoms with van der Waals surface area (Å²) in [5.41, 5.74) is 1.55. The molecular formula is C21H30FN7. The number of piperazine rings is 1. The van der Waals surface area contributed by atoms with Gasteiger partial charge in [0.15, 0.2) is 5.96 Å². The van der Waals surface area contributed by atoms with Crippen molar-refractivity contribution in [1.29, 1.82) is 0 Å². The van der Waals surface area contributed by atoms with Crippen LogP contribution in [0.2, 0.25) is 0 Å². The molecule has 2 aromatic rings. The van der Waals surface area contributed by atoms with Gasteiger partial charge in [-0.15, -0.1) is 0 Å². The maximum Gasteiger partial charge on any atom is 0.225 e. The van der Waals surface area contributed by atoms with Gasteiger partial charge < -0.3 is 15.5 Å². The predicted molar refractivity (Wildman–Crippen MR) is 115 cm³/mol. The van der Waals surface area contributed by atoms with Crippen LogP contribution < -0.4 is 15.5 Å². The Kier molecular flexibility index (Phi) is 7.35. The molecule has 1 unspecified atom stereocenters. The zero-order valence-corrected chi connectivity index (χ0v) is 17.4. The van der Waals surface area contributed by atoms with Crippen LogP contribution in [0.5, 0.6) is 0 Å². The van der Waals surface area contributed by atoms with Crippen LogP contribution in [0.1, 0.15) is 24.1 Å². The minimum Gasteiger partial charge on any atom is -0.355 e. The Morgan fingerprint density at radius 2 is 1.93 bits per heavy atom. The summed E-state index contributed by atoms with van der Waals surface area (Å²) >= 11 is 0. The number of aryl methyl sites for hydroxylation is 1. The Hall–Kier alpha value is -2.74. The highest BCUT2D eigenvalue weighted by Gasteiger charge is 2.18. The molecule has 3 rings (SSSR count). The van der Waals surface area contributed by atoms with Crippen LogP contribution in [0.25, 0.3) is 0 Å². The first-order chi connectivity index (χ1) is 14.1. The lowest BCUT2D eigenvalue weighted by Crippen LogP contribution is -2.49. The lowest BCUT2D eigenvalue weighted by atomic mass is 10.1. The Labute approximate surface area is 172 Å². The average Bonchev–Trinajstić information content (AvgIpc) is 2.76. The maximum absolute atomic E-state index is 13.8. The number of hydrogen-bond donors (Lipinski definition) is 2. The lowest BCUT2D eigenvalue weighted by Gasteiger charge is -2.34. The molecule has 1 fully saturated rings. The molecule has 0 aliphatic carbocycles. The van der Waals surface area contributed by atoms with Crippen LogP contribution >= 0.6 is 0 Å². The molecule has 2 N–H and O–H groups in total. The molecule has 1 aliphatic rings. The number of nitrogens with one attached hydrogen (secondary N) is 2. The molecule has 0 spiro atoms. The quantitative estimate of drug-likeness (QED) is 0.572. The first-order valence-corrected chi connectivity index (χ1v) is 10.0. The van der Waals surface area contributed by atoms with Crippen LogP contribution in [0.15, 0.2) is 41.7 Å². The fraction of sp³-hybridized carbons (Fsp3) is 0.476. The van der Waals surface area contributed by atoms with Crippen molar-refractivity contribution >= 4 is 11.9 Å². The van der Waals surface area contributed by atoms with Crippen molar-refractivity contribution in [3.8, 4) is 0 Å². The summed E-state index contributed by atoms with van der Waals surface area (Å²) in [6.45, 7) is 9.29. The van der Waals surface area contributed by atoms with E-state index in [4.69, 9.17) is 0 Å². The molecule has 156 valence electrons. The van der Waals surface area contributed by atoms with E-state index >= 15 is 0 Å². The second-order valence-electron chi connectivity index (χ2n) is 7.25. The van der Waals surface area contributed by atoms with Gasteiger partial charge in [0.25, 0.3) is 0 Å². The average molecular weight is 400 g/mol. The van der Waals surface area contributed by atoms with Crippen molar-refractivity contribution in [3.05, 3.63) is 53.6 Å². The molecule has 1 aliphatic heterocycles. The van der Waals surface area contributed by atoms with Gasteiger partial charge in [0.05, 0.1) is 6.04 Å². The topological polar surface area (TPSA) is 68.7 Å². The second-order valence-corrected chi connectivity index (χ2v) is 7.25. The van der Waals surface area contributed by atoms with Crippen molar-refractivity contribution in [2.75, 3.05) is 51.2 Å². The first kappa shape index (κ1) is 21.0. The largest absolute Gasteiger partial charge is 0.355 e. The molecule has 2 heterocycles. The van der Waals surface area contributed by atoms with E-state index in [-0.39, 0.29) is 11.9 Å². The smallest absolute Gasteiger partial charge is 0.225 e. The molecular weight excluding hydrogens is 369 g/mol.